The van der Waals surface area contributed by atoms with E-state index in [4.69, 9.17) is 9.84 Å². The smallest absolute Gasteiger partial charge is 0.389 e. The Morgan fingerprint density at radius 3 is 2.36 bits per heavy atom. The van der Waals surface area contributed by atoms with E-state index in [1.807, 2.05) is 26.0 Å². The molecule has 7 heteroatoms. The normalized spacial score (nSPS) is 15.9. The maximum atomic E-state index is 12.1. The summed E-state index contributed by atoms with van der Waals surface area (Å²) in [6.07, 6.45) is -4.45. The molecule has 25 heavy (non-hydrogen) atoms. The van der Waals surface area contributed by atoms with Crippen LogP contribution < -0.4 is 4.74 Å². The Hall–Kier alpha value is -1.76. The number of aryl methyl sites for hydroxylation is 2. The van der Waals surface area contributed by atoms with E-state index < -0.39 is 18.6 Å². The van der Waals surface area contributed by atoms with Gasteiger partial charge < -0.3 is 9.84 Å². The molecular weight excluding hydrogens is 335 g/mol. The summed E-state index contributed by atoms with van der Waals surface area (Å²) in [5.41, 5.74) is 3.24. The Labute approximate surface area is 145 Å². The van der Waals surface area contributed by atoms with E-state index in [1.165, 1.54) is 0 Å². The SMILES string of the molecule is Cc1cc(OCCCCC(F)(F)F)cc(C)c1CN1CC(C(=O)O)C1. The van der Waals surface area contributed by atoms with Crippen LogP contribution in [0.15, 0.2) is 12.1 Å². The Balaban J connectivity index is 1.82. The third-order valence-electron chi connectivity index (χ3n) is 4.48. The van der Waals surface area contributed by atoms with Gasteiger partial charge in [0.05, 0.1) is 12.5 Å². The van der Waals surface area contributed by atoms with Gasteiger partial charge in [0.1, 0.15) is 5.75 Å². The van der Waals surface area contributed by atoms with Crippen LogP contribution in [0.2, 0.25) is 0 Å². The molecule has 1 aromatic carbocycles. The molecule has 0 spiro atoms. The number of likely N-dealkylation sites (tertiary alicyclic amines) is 1. The summed E-state index contributed by atoms with van der Waals surface area (Å²) in [7, 11) is 0. The molecule has 4 nitrogen and oxygen atoms in total. The molecule has 1 aromatic rings. The largest absolute Gasteiger partial charge is 0.494 e. The fourth-order valence-electron chi connectivity index (χ4n) is 2.98. The summed E-state index contributed by atoms with van der Waals surface area (Å²) in [6.45, 7) is 6.02. The van der Waals surface area contributed by atoms with Gasteiger partial charge in [-0.1, -0.05) is 0 Å². The highest BCUT2D eigenvalue weighted by Gasteiger charge is 2.32. The minimum Gasteiger partial charge on any atom is -0.494 e. The van der Waals surface area contributed by atoms with Crippen LogP contribution in [0.25, 0.3) is 0 Å². The number of carboxylic acid groups (broad SMARTS) is 1. The van der Waals surface area contributed by atoms with E-state index in [2.05, 4.69) is 4.90 Å². The van der Waals surface area contributed by atoms with E-state index in [9.17, 15) is 18.0 Å². The van der Waals surface area contributed by atoms with Crippen LogP contribution in [-0.2, 0) is 11.3 Å². The van der Waals surface area contributed by atoms with Gasteiger partial charge in [0.2, 0.25) is 0 Å². The summed E-state index contributed by atoms with van der Waals surface area (Å²) in [5, 5.41) is 8.92. The third kappa shape index (κ3) is 5.92. The molecule has 0 saturated carbocycles. The molecule has 0 aromatic heterocycles. The van der Waals surface area contributed by atoms with Crippen LogP contribution in [0, 0.1) is 19.8 Å². The van der Waals surface area contributed by atoms with Crippen molar-refractivity contribution in [1.82, 2.24) is 4.90 Å². The molecule has 0 atom stereocenters. The summed E-state index contributed by atoms with van der Waals surface area (Å²) in [6, 6.07) is 3.78. The van der Waals surface area contributed by atoms with E-state index >= 15 is 0 Å². The van der Waals surface area contributed by atoms with Crippen molar-refractivity contribution in [2.24, 2.45) is 5.92 Å². The number of nitrogens with zero attached hydrogens (tertiary/aromatic N) is 1. The second-order valence-corrected chi connectivity index (χ2v) is 6.69. The Morgan fingerprint density at radius 1 is 1.24 bits per heavy atom. The summed E-state index contributed by atoms with van der Waals surface area (Å²) >= 11 is 0. The number of carbonyl (C=O) groups is 1. The number of aliphatic carboxylic acids is 1. The average molecular weight is 359 g/mol. The van der Waals surface area contributed by atoms with Crippen molar-refractivity contribution in [3.63, 3.8) is 0 Å². The number of hydrogen-bond acceptors (Lipinski definition) is 3. The van der Waals surface area contributed by atoms with Crippen LogP contribution in [-0.4, -0.2) is 41.8 Å². The molecular formula is C18H24F3NO3. The Bertz CT molecular complexity index is 587. The first-order valence-corrected chi connectivity index (χ1v) is 8.40. The summed E-state index contributed by atoms with van der Waals surface area (Å²) in [5.74, 6) is -0.364. The lowest BCUT2D eigenvalue weighted by atomic mass is 9.96. The van der Waals surface area contributed by atoms with Crippen LogP contribution >= 0.6 is 0 Å². The molecule has 0 amide bonds. The Morgan fingerprint density at radius 2 is 1.84 bits per heavy atom. The van der Waals surface area contributed by atoms with Gasteiger partial charge in [-0.05, 0) is 55.5 Å². The highest BCUT2D eigenvalue weighted by molar-refractivity contribution is 5.71. The topological polar surface area (TPSA) is 49.8 Å². The predicted molar refractivity (Wildman–Crippen MR) is 87.7 cm³/mol. The molecule has 0 unspecified atom stereocenters. The molecule has 0 bridgehead atoms. The summed E-state index contributed by atoms with van der Waals surface area (Å²) < 4.78 is 41.8. The number of alkyl halides is 3. The highest BCUT2D eigenvalue weighted by atomic mass is 19.4. The lowest BCUT2D eigenvalue weighted by molar-refractivity contribution is -0.147. The second kappa shape index (κ2) is 8.08. The number of carboxylic acids is 1. The number of benzene rings is 1. The first kappa shape index (κ1) is 19.6. The van der Waals surface area contributed by atoms with E-state index in [0.717, 1.165) is 16.7 Å². The maximum absolute atomic E-state index is 12.1. The van der Waals surface area contributed by atoms with Gasteiger partial charge >= 0.3 is 12.1 Å². The zero-order valence-corrected chi connectivity index (χ0v) is 14.5. The molecule has 2 rings (SSSR count). The van der Waals surface area contributed by atoms with Gasteiger partial charge in [0, 0.05) is 26.1 Å². The quantitative estimate of drug-likeness (QED) is 0.715. The van der Waals surface area contributed by atoms with Crippen molar-refractivity contribution < 1.29 is 27.8 Å². The van der Waals surface area contributed by atoms with Gasteiger partial charge in [-0.2, -0.15) is 13.2 Å². The minimum atomic E-state index is -4.11. The number of halogens is 3. The van der Waals surface area contributed by atoms with Crippen LogP contribution in [0.4, 0.5) is 13.2 Å². The first-order chi connectivity index (χ1) is 11.7. The monoisotopic (exact) mass is 359 g/mol. The molecule has 1 aliphatic heterocycles. The van der Waals surface area contributed by atoms with Gasteiger partial charge in [-0.3, -0.25) is 9.69 Å². The van der Waals surface area contributed by atoms with Gasteiger partial charge in [-0.15, -0.1) is 0 Å². The molecule has 140 valence electrons. The third-order valence-corrected chi connectivity index (χ3v) is 4.48. The van der Waals surface area contributed by atoms with Crippen LogP contribution in [0.5, 0.6) is 5.75 Å². The van der Waals surface area contributed by atoms with Crippen molar-refractivity contribution in [2.75, 3.05) is 19.7 Å². The Kier molecular flexibility index (Phi) is 6.32. The van der Waals surface area contributed by atoms with Crippen molar-refractivity contribution in [1.29, 1.82) is 0 Å². The van der Waals surface area contributed by atoms with Crippen molar-refractivity contribution in [3.05, 3.63) is 28.8 Å². The predicted octanol–water partition coefficient (Wildman–Crippen LogP) is 3.93. The average Bonchev–Trinajstić information content (AvgIpc) is 2.42. The molecule has 1 heterocycles. The number of unbranched alkanes of at least 4 members (excludes halogenated alkanes) is 1. The lowest BCUT2D eigenvalue weighted by Crippen LogP contribution is -2.49. The molecule has 1 N–H and O–H groups in total. The standard InChI is InChI=1S/C18H24F3NO3/c1-12-7-15(25-6-4-3-5-18(19,20)21)8-13(2)16(12)11-22-9-14(10-22)17(23)24/h7-8,14H,3-6,9-11H2,1-2H3,(H,23,24). The minimum absolute atomic E-state index is 0.0687. The van der Waals surface area contributed by atoms with Gasteiger partial charge in [-0.25, -0.2) is 0 Å². The van der Waals surface area contributed by atoms with E-state index in [-0.39, 0.29) is 18.9 Å². The maximum Gasteiger partial charge on any atom is 0.389 e. The lowest BCUT2D eigenvalue weighted by Gasteiger charge is -2.37. The van der Waals surface area contributed by atoms with Gasteiger partial charge in [0.25, 0.3) is 0 Å². The van der Waals surface area contributed by atoms with Crippen LogP contribution in [0.1, 0.15) is 36.0 Å². The van der Waals surface area contributed by atoms with Crippen LogP contribution in [0.3, 0.4) is 0 Å². The molecule has 0 aliphatic carbocycles. The fraction of sp³-hybridized carbons (Fsp3) is 0.611. The molecule has 0 radical (unpaired) electrons. The molecule has 1 saturated heterocycles. The van der Waals surface area contributed by atoms with Crippen molar-refractivity contribution in [3.8, 4) is 5.75 Å². The number of ether oxygens (including phenoxy) is 1. The van der Waals surface area contributed by atoms with Crippen molar-refractivity contribution >= 4 is 5.97 Å². The molecule has 1 fully saturated rings. The van der Waals surface area contributed by atoms with Crippen molar-refractivity contribution in [2.45, 2.75) is 45.8 Å². The highest BCUT2D eigenvalue weighted by Crippen LogP contribution is 2.27. The van der Waals surface area contributed by atoms with E-state index in [0.29, 0.717) is 31.8 Å². The number of hydrogen-bond donors (Lipinski definition) is 1. The number of rotatable bonds is 8. The van der Waals surface area contributed by atoms with E-state index in [1.54, 1.807) is 0 Å². The molecule has 1 aliphatic rings. The zero-order valence-electron chi connectivity index (χ0n) is 14.5. The summed E-state index contributed by atoms with van der Waals surface area (Å²) in [4.78, 5) is 12.9. The first-order valence-electron chi connectivity index (χ1n) is 8.40. The second-order valence-electron chi connectivity index (χ2n) is 6.69. The van der Waals surface area contributed by atoms with Gasteiger partial charge in [0.15, 0.2) is 0 Å². The fourth-order valence-corrected chi connectivity index (χ4v) is 2.98. The zero-order chi connectivity index (χ0) is 18.6.